The second-order valence-electron chi connectivity index (χ2n) is 4.41. The van der Waals surface area contributed by atoms with E-state index < -0.39 is 0 Å². The Labute approximate surface area is 108 Å². The van der Waals surface area contributed by atoms with Gasteiger partial charge in [-0.1, -0.05) is 31.2 Å². The van der Waals surface area contributed by atoms with Crippen LogP contribution in [0.4, 0.5) is 0 Å². The van der Waals surface area contributed by atoms with E-state index in [2.05, 4.69) is 46.6 Å². The first kappa shape index (κ1) is 12.8. The van der Waals surface area contributed by atoms with Crippen molar-refractivity contribution in [1.82, 2.24) is 20.1 Å². The molecule has 1 aromatic carbocycles. The molecule has 2 rings (SSSR count). The van der Waals surface area contributed by atoms with Crippen LogP contribution in [0.2, 0.25) is 0 Å². The van der Waals surface area contributed by atoms with Crippen LogP contribution in [0.3, 0.4) is 0 Å². The van der Waals surface area contributed by atoms with E-state index in [1.54, 1.807) is 12.7 Å². The maximum absolute atomic E-state index is 4.10. The van der Waals surface area contributed by atoms with Crippen molar-refractivity contribution >= 4 is 0 Å². The molecule has 0 saturated carbocycles. The van der Waals surface area contributed by atoms with E-state index in [0.29, 0.717) is 0 Å². The Balaban J connectivity index is 1.82. The monoisotopic (exact) mass is 244 g/mol. The molecule has 4 heteroatoms. The molecule has 18 heavy (non-hydrogen) atoms. The molecule has 0 spiro atoms. The van der Waals surface area contributed by atoms with Gasteiger partial charge in [-0.2, -0.15) is 5.10 Å². The fraction of sp³-hybridized carbons (Fsp3) is 0.429. The first-order valence-corrected chi connectivity index (χ1v) is 6.49. The number of benzene rings is 1. The maximum Gasteiger partial charge on any atom is 0.137 e. The van der Waals surface area contributed by atoms with E-state index in [1.165, 1.54) is 17.5 Å². The molecule has 0 atom stereocenters. The number of nitrogens with one attached hydrogen (secondary N) is 1. The van der Waals surface area contributed by atoms with Gasteiger partial charge in [0.25, 0.3) is 0 Å². The lowest BCUT2D eigenvalue weighted by atomic mass is 10.1. The molecule has 1 N–H and O–H groups in total. The molecule has 0 radical (unpaired) electrons. The van der Waals surface area contributed by atoms with Crippen molar-refractivity contribution < 1.29 is 0 Å². The minimum atomic E-state index is 0.786. The molecular formula is C14H20N4. The predicted molar refractivity (Wildman–Crippen MR) is 72.4 cm³/mol. The molecule has 96 valence electrons. The molecule has 1 aromatic heterocycles. The Hall–Kier alpha value is -1.68. The molecule has 4 nitrogen and oxygen atoms in total. The van der Waals surface area contributed by atoms with Gasteiger partial charge in [0.2, 0.25) is 0 Å². The minimum absolute atomic E-state index is 0.786. The van der Waals surface area contributed by atoms with Gasteiger partial charge in [-0.3, -0.25) is 0 Å². The predicted octanol–water partition coefficient (Wildman–Crippen LogP) is 1.87. The first-order valence-electron chi connectivity index (χ1n) is 6.49. The van der Waals surface area contributed by atoms with E-state index in [1.807, 2.05) is 4.68 Å². The van der Waals surface area contributed by atoms with E-state index >= 15 is 0 Å². The first-order chi connectivity index (χ1) is 8.88. The van der Waals surface area contributed by atoms with Crippen molar-refractivity contribution in [2.24, 2.45) is 0 Å². The Morgan fingerprint density at radius 3 is 2.56 bits per heavy atom. The van der Waals surface area contributed by atoms with Gasteiger partial charge < -0.3 is 5.32 Å². The minimum Gasteiger partial charge on any atom is -0.316 e. The highest BCUT2D eigenvalue weighted by molar-refractivity contribution is 5.22. The molecule has 0 fully saturated rings. The maximum atomic E-state index is 4.10. The molecule has 0 saturated heterocycles. The standard InChI is InChI=1S/C14H20N4/c1-2-8-15-9-7-13-3-5-14(6-4-13)10-18-12-16-11-17-18/h3-6,11-12,15H,2,7-10H2,1H3. The summed E-state index contributed by atoms with van der Waals surface area (Å²) < 4.78 is 1.83. The summed E-state index contributed by atoms with van der Waals surface area (Å²) in [5.41, 5.74) is 2.63. The zero-order valence-corrected chi connectivity index (χ0v) is 10.8. The van der Waals surface area contributed by atoms with Crippen LogP contribution in [0.1, 0.15) is 24.5 Å². The van der Waals surface area contributed by atoms with Gasteiger partial charge in [-0.05, 0) is 37.1 Å². The smallest absolute Gasteiger partial charge is 0.137 e. The number of nitrogens with zero attached hydrogens (tertiary/aromatic N) is 3. The largest absolute Gasteiger partial charge is 0.316 e. The van der Waals surface area contributed by atoms with Crippen molar-refractivity contribution in [1.29, 1.82) is 0 Å². The lowest BCUT2D eigenvalue weighted by molar-refractivity contribution is 0.670. The van der Waals surface area contributed by atoms with Gasteiger partial charge in [0.05, 0.1) is 6.54 Å². The fourth-order valence-electron chi connectivity index (χ4n) is 1.85. The van der Waals surface area contributed by atoms with Crippen LogP contribution in [0.5, 0.6) is 0 Å². The summed E-state index contributed by atoms with van der Waals surface area (Å²) in [5, 5.41) is 7.51. The van der Waals surface area contributed by atoms with Gasteiger partial charge >= 0.3 is 0 Å². The summed E-state index contributed by atoms with van der Waals surface area (Å²) in [5.74, 6) is 0. The summed E-state index contributed by atoms with van der Waals surface area (Å²) in [4.78, 5) is 3.94. The number of hydrogen-bond acceptors (Lipinski definition) is 3. The number of rotatable bonds is 7. The second-order valence-corrected chi connectivity index (χ2v) is 4.41. The summed E-state index contributed by atoms with van der Waals surface area (Å²) in [6.45, 7) is 5.13. The Kier molecular flexibility index (Phi) is 4.90. The van der Waals surface area contributed by atoms with Gasteiger partial charge in [-0.25, -0.2) is 9.67 Å². The summed E-state index contributed by atoms with van der Waals surface area (Å²) in [7, 11) is 0. The van der Waals surface area contributed by atoms with Crippen molar-refractivity contribution in [2.45, 2.75) is 26.3 Å². The van der Waals surface area contributed by atoms with Crippen LogP contribution in [0, 0.1) is 0 Å². The van der Waals surface area contributed by atoms with Gasteiger partial charge in [0.1, 0.15) is 12.7 Å². The zero-order valence-electron chi connectivity index (χ0n) is 10.8. The zero-order chi connectivity index (χ0) is 12.6. The average molecular weight is 244 g/mol. The molecule has 0 aliphatic rings. The van der Waals surface area contributed by atoms with E-state index in [9.17, 15) is 0 Å². The number of aromatic nitrogens is 3. The molecule has 0 aliphatic heterocycles. The van der Waals surface area contributed by atoms with Crippen LogP contribution < -0.4 is 5.32 Å². The molecule has 0 aliphatic carbocycles. The van der Waals surface area contributed by atoms with Crippen LogP contribution in [-0.4, -0.2) is 27.9 Å². The van der Waals surface area contributed by atoms with Gasteiger partial charge in [0, 0.05) is 0 Å². The van der Waals surface area contributed by atoms with Crippen LogP contribution in [0.15, 0.2) is 36.9 Å². The number of hydrogen-bond donors (Lipinski definition) is 1. The highest BCUT2D eigenvalue weighted by Gasteiger charge is 1.97. The summed E-state index contributed by atoms with van der Waals surface area (Å²) >= 11 is 0. The second kappa shape index (κ2) is 6.91. The van der Waals surface area contributed by atoms with Crippen LogP contribution in [0.25, 0.3) is 0 Å². The van der Waals surface area contributed by atoms with Crippen molar-refractivity contribution in [3.63, 3.8) is 0 Å². The normalized spacial score (nSPS) is 10.7. The summed E-state index contributed by atoms with van der Waals surface area (Å²) in [6, 6.07) is 8.72. The Bertz CT molecular complexity index is 433. The molecule has 0 unspecified atom stereocenters. The highest BCUT2D eigenvalue weighted by atomic mass is 15.3. The lowest BCUT2D eigenvalue weighted by Gasteiger charge is -2.05. The molecule has 2 aromatic rings. The molecule has 1 heterocycles. The van der Waals surface area contributed by atoms with Gasteiger partial charge in [0.15, 0.2) is 0 Å². The highest BCUT2D eigenvalue weighted by Crippen LogP contribution is 2.06. The van der Waals surface area contributed by atoms with E-state index in [4.69, 9.17) is 0 Å². The third-order valence-electron chi connectivity index (χ3n) is 2.85. The summed E-state index contributed by atoms with van der Waals surface area (Å²) in [6.07, 6.45) is 5.58. The van der Waals surface area contributed by atoms with Crippen molar-refractivity contribution in [2.75, 3.05) is 13.1 Å². The Morgan fingerprint density at radius 1 is 1.11 bits per heavy atom. The van der Waals surface area contributed by atoms with E-state index in [0.717, 1.165) is 26.1 Å². The SMILES string of the molecule is CCCNCCc1ccc(Cn2cncn2)cc1. The van der Waals surface area contributed by atoms with E-state index in [-0.39, 0.29) is 0 Å². The molecule has 0 amide bonds. The third kappa shape index (κ3) is 3.96. The quantitative estimate of drug-likeness (QED) is 0.756. The lowest BCUT2D eigenvalue weighted by Crippen LogP contribution is -2.17. The van der Waals surface area contributed by atoms with Crippen LogP contribution >= 0.6 is 0 Å². The topological polar surface area (TPSA) is 42.7 Å². The molecule has 0 bridgehead atoms. The Morgan fingerprint density at radius 2 is 1.89 bits per heavy atom. The van der Waals surface area contributed by atoms with Crippen LogP contribution in [-0.2, 0) is 13.0 Å². The third-order valence-corrected chi connectivity index (χ3v) is 2.85. The van der Waals surface area contributed by atoms with Gasteiger partial charge in [-0.15, -0.1) is 0 Å². The molecular weight excluding hydrogens is 224 g/mol. The van der Waals surface area contributed by atoms with Crippen molar-refractivity contribution in [3.8, 4) is 0 Å². The van der Waals surface area contributed by atoms with Crippen molar-refractivity contribution in [3.05, 3.63) is 48.0 Å². The fourth-order valence-corrected chi connectivity index (χ4v) is 1.85. The average Bonchev–Trinajstić information content (AvgIpc) is 2.89.